The van der Waals surface area contributed by atoms with Crippen molar-refractivity contribution in [1.29, 1.82) is 0 Å². The van der Waals surface area contributed by atoms with Gasteiger partial charge in [0.2, 0.25) is 0 Å². The number of hydrogen-bond acceptors (Lipinski definition) is 17. The number of nitrogen functional groups attached to an aromatic ring is 2. The van der Waals surface area contributed by atoms with Crippen LogP contribution in [0.2, 0.25) is 0 Å². The van der Waals surface area contributed by atoms with Crippen molar-refractivity contribution in [1.82, 2.24) is 29.9 Å². The van der Waals surface area contributed by atoms with Gasteiger partial charge in [-0.3, -0.25) is 24.5 Å². The first-order valence-corrected chi connectivity index (χ1v) is 25.0. The minimum atomic E-state index is -1.04. The number of carbonyl (C=O) groups is 3. The van der Waals surface area contributed by atoms with Crippen LogP contribution in [0.1, 0.15) is 114 Å². The van der Waals surface area contributed by atoms with E-state index in [9.17, 15) is 14.4 Å². The van der Waals surface area contributed by atoms with Gasteiger partial charge in [-0.05, 0) is 130 Å². The normalized spacial score (nSPS) is 13.4. The summed E-state index contributed by atoms with van der Waals surface area (Å²) >= 11 is 0. The minimum Gasteiger partial charge on any atom is -0.477 e. The summed E-state index contributed by atoms with van der Waals surface area (Å²) in [7, 11) is 0. The SMILES string of the molecule is CC(=O)Cc1ccc(CO)nc1.Cc1ccc(CCC(=O)Cc2ccc(CO)nc2)c(N2CCC(C)CC2)n1.Cc1ccc(CN)c(N2CCC(C)CC2)n1.Nc1ccc(C(=O)O)nc1.Nc1ccc(CO)nc1. The second-order valence-electron chi connectivity index (χ2n) is 18.7. The molecule has 396 valence electrons. The zero-order valence-corrected chi connectivity index (χ0v) is 43.5. The first kappa shape index (κ1) is 59.3. The van der Waals surface area contributed by atoms with Gasteiger partial charge in [0.1, 0.15) is 28.9 Å². The standard InChI is InChI=1S/C22H29N3O2.C13H21N3.C9H11NO2.C6H6N2O2.C6H8N2O/c1-16-9-11-25(12-10-16)22-19(5-3-17(2)24-22)6-8-21(27)13-18-4-7-20(15-26)23-14-18;1-10-5-7-16(8-6-10)13-12(9-14)4-3-11(2)15-13;1-7(12)4-8-2-3-9(6-11)10-5-8;7-4-1-2-5(6(9)10)8-3-4;7-5-1-2-6(4-9)8-3-5/h3-5,7,14,16,26H,6,8-13,15H2,1-2H3;3-4,10H,5-9,14H2,1-2H3;2-3,5,11H,4,6H2,1H3;1-3H,7H2,(H,9,10);1-3,9H,4,7H2. The molecule has 6 aromatic heterocycles. The fourth-order valence-corrected chi connectivity index (χ4v) is 7.73. The van der Waals surface area contributed by atoms with Crippen molar-refractivity contribution in [3.8, 4) is 0 Å². The lowest BCUT2D eigenvalue weighted by Crippen LogP contribution is -2.34. The number of aliphatic hydroxyl groups is 3. The third-order valence-corrected chi connectivity index (χ3v) is 12.2. The average Bonchev–Trinajstić information content (AvgIpc) is 3.40. The molecule has 18 heteroatoms. The molecule has 0 atom stereocenters. The van der Waals surface area contributed by atoms with Crippen molar-refractivity contribution >= 4 is 40.5 Å². The summed E-state index contributed by atoms with van der Waals surface area (Å²) in [6.45, 7) is 15.0. The summed E-state index contributed by atoms with van der Waals surface area (Å²) in [6.07, 6.45) is 13.1. The van der Waals surface area contributed by atoms with Gasteiger partial charge >= 0.3 is 5.97 Å². The topological polar surface area (TPSA) is 294 Å². The van der Waals surface area contributed by atoms with Crippen molar-refractivity contribution in [3.63, 3.8) is 0 Å². The lowest BCUT2D eigenvalue weighted by Gasteiger charge is -2.32. The number of carboxylic acid groups (broad SMARTS) is 1. The van der Waals surface area contributed by atoms with E-state index >= 15 is 0 Å². The molecule has 6 aromatic rings. The predicted molar refractivity (Wildman–Crippen MR) is 289 cm³/mol. The van der Waals surface area contributed by atoms with E-state index in [2.05, 4.69) is 60.7 Å². The maximum Gasteiger partial charge on any atom is 0.354 e. The summed E-state index contributed by atoms with van der Waals surface area (Å²) in [6, 6.07) is 21.7. The fraction of sp³-hybridized carbons (Fsp3) is 0.411. The molecular weight excluding hydrogens is 939 g/mol. The van der Waals surface area contributed by atoms with Crippen molar-refractivity contribution in [3.05, 3.63) is 154 Å². The molecule has 0 saturated carbocycles. The van der Waals surface area contributed by atoms with Gasteiger partial charge in [0, 0.05) is 81.3 Å². The van der Waals surface area contributed by atoms with Crippen molar-refractivity contribution in [2.24, 2.45) is 17.6 Å². The van der Waals surface area contributed by atoms with E-state index in [1.165, 1.54) is 55.8 Å². The van der Waals surface area contributed by atoms with Crippen LogP contribution in [0.15, 0.2) is 97.6 Å². The Bertz CT molecular complexity index is 2620. The molecule has 8 rings (SSSR count). The summed E-state index contributed by atoms with van der Waals surface area (Å²) in [4.78, 5) is 63.0. The van der Waals surface area contributed by atoms with Crippen LogP contribution in [0.25, 0.3) is 0 Å². The van der Waals surface area contributed by atoms with Gasteiger partial charge < -0.3 is 47.4 Å². The molecule has 10 N–H and O–H groups in total. The van der Waals surface area contributed by atoms with Crippen LogP contribution >= 0.6 is 0 Å². The van der Waals surface area contributed by atoms with Crippen LogP contribution < -0.4 is 27.0 Å². The van der Waals surface area contributed by atoms with Crippen LogP contribution in [0, 0.1) is 25.7 Å². The number of aliphatic hydroxyl groups excluding tert-OH is 3. The molecular formula is C56H75N11O7. The molecule has 0 radical (unpaired) electrons. The summed E-state index contributed by atoms with van der Waals surface area (Å²) in [5.74, 6) is 3.07. The van der Waals surface area contributed by atoms with Crippen LogP contribution in [0.5, 0.6) is 0 Å². The van der Waals surface area contributed by atoms with Gasteiger partial charge in [0.05, 0.1) is 60.7 Å². The third-order valence-electron chi connectivity index (χ3n) is 12.2. The number of Topliss-reactive ketones (excluding diaryl/α,β-unsaturated/α-hetero) is 2. The molecule has 0 bridgehead atoms. The number of aromatic carboxylic acids is 1. The van der Waals surface area contributed by atoms with Gasteiger partial charge in [0.25, 0.3) is 0 Å². The number of aromatic nitrogens is 6. The number of hydrogen-bond donors (Lipinski definition) is 7. The van der Waals surface area contributed by atoms with E-state index in [0.29, 0.717) is 54.3 Å². The second kappa shape index (κ2) is 31.4. The Labute approximate surface area is 435 Å². The van der Waals surface area contributed by atoms with Crippen LogP contribution in [0.3, 0.4) is 0 Å². The van der Waals surface area contributed by atoms with E-state index in [1.807, 2.05) is 32.0 Å². The Morgan fingerprint density at radius 1 is 0.581 bits per heavy atom. The van der Waals surface area contributed by atoms with Gasteiger partial charge in [-0.25, -0.2) is 19.7 Å². The number of nitrogens with zero attached hydrogens (tertiary/aromatic N) is 8. The molecule has 8 heterocycles. The van der Waals surface area contributed by atoms with E-state index in [1.54, 1.807) is 49.6 Å². The van der Waals surface area contributed by atoms with E-state index in [-0.39, 0.29) is 37.1 Å². The highest BCUT2D eigenvalue weighted by Gasteiger charge is 2.21. The maximum absolute atomic E-state index is 12.4. The molecule has 2 saturated heterocycles. The lowest BCUT2D eigenvalue weighted by molar-refractivity contribution is -0.118. The Morgan fingerprint density at radius 2 is 1.01 bits per heavy atom. The molecule has 0 unspecified atom stereocenters. The number of anilines is 4. The van der Waals surface area contributed by atoms with E-state index in [0.717, 1.165) is 84.1 Å². The number of piperidine rings is 2. The number of ketones is 2. The van der Waals surface area contributed by atoms with Gasteiger partial charge in [0.15, 0.2) is 0 Å². The molecule has 2 fully saturated rings. The monoisotopic (exact) mass is 1010 g/mol. The van der Waals surface area contributed by atoms with Gasteiger partial charge in [-0.2, -0.15) is 0 Å². The number of nitrogens with two attached hydrogens (primary N) is 3. The van der Waals surface area contributed by atoms with Crippen LogP contribution in [0.4, 0.5) is 23.0 Å². The molecule has 18 nitrogen and oxygen atoms in total. The van der Waals surface area contributed by atoms with Crippen molar-refractivity contribution < 1.29 is 34.8 Å². The number of aryl methyl sites for hydroxylation is 3. The quantitative estimate of drug-likeness (QED) is 0.0607. The molecule has 0 amide bonds. The lowest BCUT2D eigenvalue weighted by atomic mass is 9.98. The number of carbonyl (C=O) groups excluding carboxylic acids is 2. The molecule has 2 aliphatic heterocycles. The largest absolute Gasteiger partial charge is 0.477 e. The fourth-order valence-electron chi connectivity index (χ4n) is 7.73. The molecule has 74 heavy (non-hydrogen) atoms. The van der Waals surface area contributed by atoms with Crippen LogP contribution in [-0.2, 0) is 55.2 Å². The molecule has 0 aliphatic carbocycles. The molecule has 0 spiro atoms. The minimum absolute atomic E-state index is 0.00852. The first-order chi connectivity index (χ1) is 35.5. The molecule has 0 aromatic carbocycles. The first-order valence-electron chi connectivity index (χ1n) is 25.0. The van der Waals surface area contributed by atoms with Crippen molar-refractivity contribution in [2.45, 2.75) is 112 Å². The third kappa shape index (κ3) is 21.1. The highest BCUT2D eigenvalue weighted by atomic mass is 16.4. The summed E-state index contributed by atoms with van der Waals surface area (Å²) in [5, 5.41) is 34.6. The molecule has 2 aliphatic rings. The maximum atomic E-state index is 12.4. The number of rotatable bonds is 14. The van der Waals surface area contributed by atoms with Crippen LogP contribution in [-0.4, -0.2) is 94.0 Å². The van der Waals surface area contributed by atoms with E-state index < -0.39 is 5.97 Å². The Morgan fingerprint density at radius 3 is 1.41 bits per heavy atom. The second-order valence-corrected chi connectivity index (χ2v) is 18.7. The average molecular weight is 1010 g/mol. The highest BCUT2D eigenvalue weighted by molar-refractivity contribution is 5.85. The summed E-state index contributed by atoms with van der Waals surface area (Å²) < 4.78 is 0. The highest BCUT2D eigenvalue weighted by Crippen LogP contribution is 2.27. The Kier molecular flexibility index (Phi) is 25.1. The zero-order chi connectivity index (χ0) is 54.0. The van der Waals surface area contributed by atoms with Gasteiger partial charge in [-0.1, -0.05) is 38.1 Å². The number of pyridine rings is 6. The summed E-state index contributed by atoms with van der Waals surface area (Å²) in [5.41, 5.74) is 25.6. The van der Waals surface area contributed by atoms with E-state index in [4.69, 9.17) is 42.6 Å². The predicted octanol–water partition coefficient (Wildman–Crippen LogP) is 6.57. The number of carboxylic acids is 1. The zero-order valence-electron chi connectivity index (χ0n) is 43.5. The Balaban J connectivity index is 0.000000215. The van der Waals surface area contributed by atoms with Crippen molar-refractivity contribution in [2.75, 3.05) is 47.4 Å². The van der Waals surface area contributed by atoms with Gasteiger partial charge in [-0.15, -0.1) is 0 Å². The smallest absolute Gasteiger partial charge is 0.354 e. The Hall–Kier alpha value is -7.25.